The molecule has 186 valence electrons. The molecule has 2 atom stereocenters. The van der Waals surface area contributed by atoms with Crippen LogP contribution in [0.15, 0.2) is 30.3 Å². The number of fused-ring (bicyclic) bond motifs is 1. The van der Waals surface area contributed by atoms with Crippen molar-refractivity contribution in [2.75, 3.05) is 52.5 Å². The zero-order valence-electron chi connectivity index (χ0n) is 20.2. The first-order valence-corrected chi connectivity index (χ1v) is 11.8. The van der Waals surface area contributed by atoms with E-state index in [1.54, 1.807) is 17.0 Å². The molecule has 0 aliphatic carbocycles. The predicted octanol–water partition coefficient (Wildman–Crippen LogP) is 3.20. The van der Waals surface area contributed by atoms with Gasteiger partial charge in [-0.1, -0.05) is 6.07 Å². The number of carbonyl (C=O) groups excluding carboxylic acids is 2. The largest absolute Gasteiger partial charge is 0.493 e. The third-order valence-electron chi connectivity index (χ3n) is 6.92. The molecule has 0 bridgehead atoms. The highest BCUT2D eigenvalue weighted by atomic mass is 16.6. The minimum absolute atomic E-state index is 0.00526. The summed E-state index contributed by atoms with van der Waals surface area (Å²) in [7, 11) is 4.60. The van der Waals surface area contributed by atoms with E-state index in [9.17, 15) is 9.59 Å². The number of anilines is 1. The Morgan fingerprint density at radius 1 is 0.971 bits per heavy atom. The Balaban J connectivity index is 1.35. The molecule has 2 aromatic rings. The van der Waals surface area contributed by atoms with Gasteiger partial charge in [0.25, 0.3) is 0 Å². The summed E-state index contributed by atoms with van der Waals surface area (Å²) in [6, 6.07) is 9.33. The van der Waals surface area contributed by atoms with Crippen molar-refractivity contribution in [3.63, 3.8) is 0 Å². The molecule has 0 spiro atoms. The Morgan fingerprint density at radius 2 is 1.69 bits per heavy atom. The van der Waals surface area contributed by atoms with Crippen molar-refractivity contribution in [1.82, 2.24) is 4.90 Å². The number of hydrogen-bond acceptors (Lipinski definition) is 7. The number of ether oxygens (including phenoxy) is 5. The van der Waals surface area contributed by atoms with Crippen molar-refractivity contribution < 1.29 is 33.3 Å². The van der Waals surface area contributed by atoms with E-state index >= 15 is 0 Å². The average molecular weight is 483 g/mol. The van der Waals surface area contributed by atoms with Crippen molar-refractivity contribution in [2.24, 2.45) is 5.92 Å². The van der Waals surface area contributed by atoms with Crippen molar-refractivity contribution in [2.45, 2.75) is 25.3 Å². The molecule has 2 aromatic carbocycles. The van der Waals surface area contributed by atoms with Crippen LogP contribution in [0.25, 0.3) is 0 Å². The van der Waals surface area contributed by atoms with Gasteiger partial charge in [0, 0.05) is 31.6 Å². The SMILES string of the molecule is COc1cc(N2CC(C(=O)N3CCCC3c3ccc4c(c3)OCCO4)CC2=O)cc(OC)c1OC. The number of carbonyl (C=O) groups is 2. The van der Waals surface area contributed by atoms with Crippen molar-refractivity contribution in [1.29, 1.82) is 0 Å². The third-order valence-corrected chi connectivity index (χ3v) is 6.92. The lowest BCUT2D eigenvalue weighted by Crippen LogP contribution is -2.37. The summed E-state index contributed by atoms with van der Waals surface area (Å²) in [4.78, 5) is 30.1. The van der Waals surface area contributed by atoms with Crippen LogP contribution in [0, 0.1) is 5.92 Å². The second-order valence-corrected chi connectivity index (χ2v) is 8.88. The fourth-order valence-corrected chi connectivity index (χ4v) is 5.22. The van der Waals surface area contributed by atoms with Gasteiger partial charge in [-0.15, -0.1) is 0 Å². The number of nitrogens with zero attached hydrogens (tertiary/aromatic N) is 2. The lowest BCUT2D eigenvalue weighted by molar-refractivity contribution is -0.136. The van der Waals surface area contributed by atoms with E-state index in [0.717, 1.165) is 29.9 Å². The van der Waals surface area contributed by atoms with Gasteiger partial charge in [0.05, 0.1) is 39.0 Å². The number of methoxy groups -OCH3 is 3. The van der Waals surface area contributed by atoms with Crippen LogP contribution in [0.1, 0.15) is 30.9 Å². The first kappa shape index (κ1) is 23.1. The summed E-state index contributed by atoms with van der Waals surface area (Å²) in [5.41, 5.74) is 1.65. The van der Waals surface area contributed by atoms with Gasteiger partial charge in [-0.05, 0) is 30.5 Å². The predicted molar refractivity (Wildman–Crippen MR) is 128 cm³/mol. The molecule has 0 saturated carbocycles. The van der Waals surface area contributed by atoms with Crippen LogP contribution in [-0.4, -0.2) is 64.3 Å². The molecule has 2 fully saturated rings. The van der Waals surface area contributed by atoms with Gasteiger partial charge in [-0.3, -0.25) is 9.59 Å². The van der Waals surface area contributed by atoms with E-state index in [2.05, 4.69) is 0 Å². The highest BCUT2D eigenvalue weighted by Gasteiger charge is 2.41. The summed E-state index contributed by atoms with van der Waals surface area (Å²) in [5.74, 6) is 2.32. The number of amides is 2. The van der Waals surface area contributed by atoms with E-state index in [1.807, 2.05) is 23.1 Å². The minimum atomic E-state index is -0.417. The highest BCUT2D eigenvalue weighted by Crippen LogP contribution is 2.43. The molecule has 9 heteroatoms. The molecule has 0 N–H and O–H groups in total. The van der Waals surface area contributed by atoms with Gasteiger partial charge < -0.3 is 33.5 Å². The summed E-state index contributed by atoms with van der Waals surface area (Å²) >= 11 is 0. The Hall–Kier alpha value is -3.62. The van der Waals surface area contributed by atoms with E-state index in [1.165, 1.54) is 21.3 Å². The van der Waals surface area contributed by atoms with Crippen LogP contribution in [0.5, 0.6) is 28.7 Å². The molecular formula is C26H30N2O7. The fraction of sp³-hybridized carbons (Fsp3) is 0.462. The van der Waals surface area contributed by atoms with Gasteiger partial charge >= 0.3 is 0 Å². The topological polar surface area (TPSA) is 86.8 Å². The molecule has 5 rings (SSSR count). The Bertz CT molecular complexity index is 1110. The van der Waals surface area contributed by atoms with Crippen LogP contribution in [-0.2, 0) is 9.59 Å². The Labute approximate surface area is 204 Å². The first-order valence-electron chi connectivity index (χ1n) is 11.8. The fourth-order valence-electron chi connectivity index (χ4n) is 5.22. The molecule has 0 radical (unpaired) electrons. The van der Waals surface area contributed by atoms with E-state index in [0.29, 0.717) is 49.2 Å². The molecule has 3 aliphatic rings. The highest BCUT2D eigenvalue weighted by molar-refractivity contribution is 6.01. The Morgan fingerprint density at radius 3 is 2.37 bits per heavy atom. The minimum Gasteiger partial charge on any atom is -0.493 e. The van der Waals surface area contributed by atoms with Crippen LogP contribution >= 0.6 is 0 Å². The summed E-state index contributed by atoms with van der Waals surface area (Å²) < 4.78 is 27.6. The lowest BCUT2D eigenvalue weighted by Gasteiger charge is -2.29. The zero-order chi connectivity index (χ0) is 24.5. The number of likely N-dealkylation sites (tertiary alicyclic amines) is 1. The van der Waals surface area contributed by atoms with E-state index in [4.69, 9.17) is 23.7 Å². The number of rotatable bonds is 6. The van der Waals surface area contributed by atoms with Crippen LogP contribution in [0.4, 0.5) is 5.69 Å². The lowest BCUT2D eigenvalue weighted by atomic mass is 10.0. The zero-order valence-corrected chi connectivity index (χ0v) is 20.2. The van der Waals surface area contributed by atoms with Crippen LogP contribution in [0.2, 0.25) is 0 Å². The van der Waals surface area contributed by atoms with Gasteiger partial charge in [-0.2, -0.15) is 0 Å². The Kier molecular flexibility index (Phi) is 6.32. The molecule has 2 amide bonds. The van der Waals surface area contributed by atoms with Crippen molar-refractivity contribution in [3.05, 3.63) is 35.9 Å². The molecule has 3 aliphatic heterocycles. The summed E-state index contributed by atoms with van der Waals surface area (Å²) in [5, 5.41) is 0. The van der Waals surface area contributed by atoms with Crippen molar-refractivity contribution >= 4 is 17.5 Å². The van der Waals surface area contributed by atoms with E-state index < -0.39 is 5.92 Å². The third kappa shape index (κ3) is 4.19. The molecular weight excluding hydrogens is 452 g/mol. The monoisotopic (exact) mass is 482 g/mol. The second kappa shape index (κ2) is 9.56. The first-order chi connectivity index (χ1) is 17.0. The summed E-state index contributed by atoms with van der Waals surface area (Å²) in [6.45, 7) is 2.04. The maximum absolute atomic E-state index is 13.6. The quantitative estimate of drug-likeness (QED) is 0.625. The van der Waals surface area contributed by atoms with E-state index in [-0.39, 0.29) is 24.3 Å². The normalized spacial score (nSPS) is 21.3. The van der Waals surface area contributed by atoms with Gasteiger partial charge in [0.2, 0.25) is 17.6 Å². The maximum Gasteiger partial charge on any atom is 0.228 e. The molecule has 35 heavy (non-hydrogen) atoms. The average Bonchev–Trinajstić information content (AvgIpc) is 3.54. The van der Waals surface area contributed by atoms with Crippen LogP contribution in [0.3, 0.4) is 0 Å². The number of hydrogen-bond donors (Lipinski definition) is 0. The molecule has 2 unspecified atom stereocenters. The van der Waals surface area contributed by atoms with Gasteiger partial charge in [-0.25, -0.2) is 0 Å². The van der Waals surface area contributed by atoms with Crippen molar-refractivity contribution in [3.8, 4) is 28.7 Å². The maximum atomic E-state index is 13.6. The molecule has 2 saturated heterocycles. The van der Waals surface area contributed by atoms with Crippen LogP contribution < -0.4 is 28.6 Å². The smallest absolute Gasteiger partial charge is 0.228 e. The summed E-state index contributed by atoms with van der Waals surface area (Å²) in [6.07, 6.45) is 1.96. The standard InChI is InChI=1S/C26H30N2O7/c1-31-22-13-18(14-23(32-2)25(22)33-3)28-15-17(12-24(28)29)26(30)27-8-4-5-19(27)16-6-7-20-21(11-16)35-10-9-34-20/h6-7,11,13-14,17,19H,4-5,8-10,12,15H2,1-3H3. The molecule has 3 heterocycles. The molecule has 9 nitrogen and oxygen atoms in total. The second-order valence-electron chi connectivity index (χ2n) is 8.88. The molecule has 0 aromatic heterocycles. The van der Waals surface area contributed by atoms with Gasteiger partial charge in [0.15, 0.2) is 23.0 Å². The number of benzene rings is 2. The van der Waals surface area contributed by atoms with Gasteiger partial charge in [0.1, 0.15) is 13.2 Å².